The first kappa shape index (κ1) is 28.5. The summed E-state index contributed by atoms with van der Waals surface area (Å²) < 4.78 is 0. The second-order valence-electron chi connectivity index (χ2n) is 15.4. The summed E-state index contributed by atoms with van der Waals surface area (Å²) in [4.78, 5) is 10.7. The Bertz CT molecular complexity index is 2420. The first-order valence-corrected chi connectivity index (χ1v) is 18.5. The van der Waals surface area contributed by atoms with Crippen LogP contribution in [0.25, 0.3) is 66.9 Å². The molecule has 240 valence electrons. The number of rotatable bonds is 4. The molecule has 2 heteroatoms. The maximum Gasteiger partial charge on any atom is 0.160 e. The van der Waals surface area contributed by atoms with E-state index in [9.17, 15) is 0 Å². The molecule has 0 amide bonds. The number of aromatic nitrogens is 2. The molecule has 1 spiro atoms. The zero-order chi connectivity index (χ0) is 32.8. The molecule has 0 radical (unpaired) electrons. The van der Waals surface area contributed by atoms with Gasteiger partial charge in [0.05, 0.1) is 11.4 Å². The van der Waals surface area contributed by atoms with Crippen LogP contribution < -0.4 is 0 Å². The Hall–Kier alpha value is -5.34. The van der Waals surface area contributed by atoms with Crippen molar-refractivity contribution in [3.05, 3.63) is 157 Å². The molecular formula is C48H38N2. The van der Waals surface area contributed by atoms with Crippen LogP contribution in [0, 0.1) is 23.7 Å². The van der Waals surface area contributed by atoms with Crippen molar-refractivity contribution in [2.45, 2.75) is 37.5 Å². The number of nitrogens with zero attached hydrogens (tertiary/aromatic N) is 2. The highest BCUT2D eigenvalue weighted by Gasteiger charge is 2.61. The minimum atomic E-state index is 0.0795. The van der Waals surface area contributed by atoms with E-state index in [-0.39, 0.29) is 5.41 Å². The third-order valence-electron chi connectivity index (χ3n) is 12.9. The van der Waals surface area contributed by atoms with Crippen molar-refractivity contribution in [3.8, 4) is 56.2 Å². The van der Waals surface area contributed by atoms with E-state index < -0.39 is 0 Å². The van der Waals surface area contributed by atoms with Gasteiger partial charge in [0.1, 0.15) is 0 Å². The lowest BCUT2D eigenvalue weighted by atomic mass is 9.43. The van der Waals surface area contributed by atoms with Crippen molar-refractivity contribution < 1.29 is 0 Å². The summed E-state index contributed by atoms with van der Waals surface area (Å²) in [5.41, 5.74) is 13.7. The zero-order valence-corrected chi connectivity index (χ0v) is 28.1. The summed E-state index contributed by atoms with van der Waals surface area (Å²) in [5, 5.41) is 2.68. The Morgan fingerprint density at radius 1 is 0.420 bits per heavy atom. The number of hydrogen-bond acceptors (Lipinski definition) is 2. The quantitative estimate of drug-likeness (QED) is 0.191. The Labute approximate surface area is 293 Å². The average molecular weight is 643 g/mol. The summed E-state index contributed by atoms with van der Waals surface area (Å²) in [6.07, 6.45) is 6.94. The van der Waals surface area contributed by atoms with Gasteiger partial charge in [0, 0.05) is 22.1 Å². The Morgan fingerprint density at radius 3 is 1.68 bits per heavy atom. The van der Waals surface area contributed by atoms with Gasteiger partial charge in [0.25, 0.3) is 0 Å². The lowest BCUT2D eigenvalue weighted by molar-refractivity contribution is -0.0398. The molecule has 50 heavy (non-hydrogen) atoms. The molecule has 12 rings (SSSR count). The van der Waals surface area contributed by atoms with Gasteiger partial charge in [-0.25, -0.2) is 9.97 Å². The van der Waals surface area contributed by atoms with E-state index in [1.54, 1.807) is 11.1 Å². The van der Waals surface area contributed by atoms with Crippen LogP contribution in [0.3, 0.4) is 0 Å². The third-order valence-corrected chi connectivity index (χ3v) is 12.9. The fourth-order valence-electron chi connectivity index (χ4n) is 11.2. The van der Waals surface area contributed by atoms with Crippen LogP contribution in [0.2, 0.25) is 0 Å². The van der Waals surface area contributed by atoms with Gasteiger partial charge >= 0.3 is 0 Å². The fourth-order valence-corrected chi connectivity index (χ4v) is 11.2. The van der Waals surface area contributed by atoms with Crippen molar-refractivity contribution in [1.29, 1.82) is 0 Å². The maximum absolute atomic E-state index is 5.43. The lowest BCUT2D eigenvalue weighted by Crippen LogP contribution is -2.55. The molecular weight excluding hydrogens is 605 g/mol. The molecule has 0 saturated heterocycles. The van der Waals surface area contributed by atoms with Crippen molar-refractivity contribution >= 4 is 10.8 Å². The molecule has 4 bridgehead atoms. The highest BCUT2D eigenvalue weighted by molar-refractivity contribution is 5.99. The van der Waals surface area contributed by atoms with Crippen LogP contribution in [-0.4, -0.2) is 9.97 Å². The van der Waals surface area contributed by atoms with Crippen molar-refractivity contribution in [2.75, 3.05) is 0 Å². The molecule has 4 saturated carbocycles. The maximum atomic E-state index is 5.43. The van der Waals surface area contributed by atoms with Crippen molar-refractivity contribution in [1.82, 2.24) is 9.97 Å². The molecule has 2 nitrogen and oxygen atoms in total. The summed E-state index contributed by atoms with van der Waals surface area (Å²) in [6.45, 7) is 0. The monoisotopic (exact) mass is 642 g/mol. The van der Waals surface area contributed by atoms with Gasteiger partial charge < -0.3 is 0 Å². The molecule has 6 aromatic carbocycles. The molecule has 4 fully saturated rings. The molecule has 0 N–H and O–H groups in total. The van der Waals surface area contributed by atoms with E-state index in [0.29, 0.717) is 11.8 Å². The average Bonchev–Trinajstić information content (AvgIpc) is 3.46. The largest absolute Gasteiger partial charge is 0.228 e. The molecule has 0 unspecified atom stereocenters. The highest BCUT2D eigenvalue weighted by atomic mass is 14.9. The lowest BCUT2D eigenvalue weighted by Gasteiger charge is -2.61. The van der Waals surface area contributed by atoms with E-state index in [1.807, 2.05) is 0 Å². The number of benzene rings is 6. The van der Waals surface area contributed by atoms with Crippen LogP contribution >= 0.6 is 0 Å². The summed E-state index contributed by atoms with van der Waals surface area (Å²) in [5.74, 6) is 3.98. The zero-order valence-electron chi connectivity index (χ0n) is 28.1. The Balaban J connectivity index is 1.19. The second-order valence-corrected chi connectivity index (χ2v) is 15.4. The van der Waals surface area contributed by atoms with Gasteiger partial charge in [-0.1, -0.05) is 127 Å². The normalized spacial score (nSPS) is 24.1. The number of fused-ring (bicyclic) bond motifs is 4. The van der Waals surface area contributed by atoms with Crippen molar-refractivity contribution in [3.63, 3.8) is 0 Å². The van der Waals surface area contributed by atoms with Crippen LogP contribution in [0.5, 0.6) is 0 Å². The fraction of sp³-hybridized carbons (Fsp3) is 0.208. The van der Waals surface area contributed by atoms with Gasteiger partial charge in [0.2, 0.25) is 0 Å². The smallest absolute Gasteiger partial charge is 0.160 e. The van der Waals surface area contributed by atoms with E-state index in [0.717, 1.165) is 40.2 Å². The van der Waals surface area contributed by atoms with Gasteiger partial charge in [0.15, 0.2) is 5.82 Å². The van der Waals surface area contributed by atoms with Crippen molar-refractivity contribution in [2.24, 2.45) is 23.7 Å². The summed E-state index contributed by atoms with van der Waals surface area (Å²) in [7, 11) is 0. The molecule has 1 aromatic heterocycles. The van der Waals surface area contributed by atoms with Crippen LogP contribution in [0.1, 0.15) is 43.2 Å². The molecule has 7 aromatic rings. The Morgan fingerprint density at radius 2 is 0.980 bits per heavy atom. The standard InChI is InChI=1S/C48H38N2/c1-3-12-32(13-4-1)38-18-9-10-19-39(38)44-29-45(50-47(49-44)33-14-5-2-6-15-33)40-20-11-21-42-46(40)41-27-34-16-7-8-17-35(34)28-43(41)48(42)36-23-30-22-31(25-36)26-37(48)24-30/h1-21,27-31,36-37H,22-26H2. The van der Waals surface area contributed by atoms with E-state index in [2.05, 4.69) is 146 Å². The predicted molar refractivity (Wildman–Crippen MR) is 205 cm³/mol. The van der Waals surface area contributed by atoms with E-state index in [4.69, 9.17) is 9.97 Å². The molecule has 5 aliphatic carbocycles. The third kappa shape index (κ3) is 4.08. The topological polar surface area (TPSA) is 25.8 Å². The van der Waals surface area contributed by atoms with E-state index in [1.165, 1.54) is 70.7 Å². The van der Waals surface area contributed by atoms with Crippen LogP contribution in [0.4, 0.5) is 0 Å². The molecule has 0 atom stereocenters. The second kappa shape index (κ2) is 10.8. The summed E-state index contributed by atoms with van der Waals surface area (Å²) >= 11 is 0. The summed E-state index contributed by atoms with van der Waals surface area (Å²) in [6, 6.07) is 53.4. The first-order chi connectivity index (χ1) is 24.7. The first-order valence-electron chi connectivity index (χ1n) is 18.5. The molecule has 1 heterocycles. The van der Waals surface area contributed by atoms with Gasteiger partial charge in [-0.3, -0.25) is 0 Å². The van der Waals surface area contributed by atoms with Gasteiger partial charge in [-0.2, -0.15) is 0 Å². The minimum absolute atomic E-state index is 0.0795. The van der Waals surface area contributed by atoms with Gasteiger partial charge in [-0.15, -0.1) is 0 Å². The highest BCUT2D eigenvalue weighted by Crippen LogP contribution is 2.70. The predicted octanol–water partition coefficient (Wildman–Crippen LogP) is 12.0. The SMILES string of the molecule is c1ccc(-c2nc(-c3ccccc3-c3ccccc3)cc(-c3cccc4c3-c3cc5ccccc5cc3C43C4CC5CC(C4)CC3C5)n2)cc1. The van der Waals surface area contributed by atoms with E-state index >= 15 is 0 Å². The van der Waals surface area contributed by atoms with Gasteiger partial charge in [-0.05, 0) is 118 Å². The molecule has 0 aliphatic heterocycles. The number of hydrogen-bond donors (Lipinski definition) is 0. The van der Waals surface area contributed by atoms with Crippen LogP contribution in [0.15, 0.2) is 146 Å². The Kier molecular flexibility index (Phi) is 6.17. The molecule has 5 aliphatic rings. The van der Waals surface area contributed by atoms with Crippen LogP contribution in [-0.2, 0) is 5.41 Å². The minimum Gasteiger partial charge on any atom is -0.228 e.